The van der Waals surface area contributed by atoms with Crippen LogP contribution in [0.3, 0.4) is 0 Å². The van der Waals surface area contributed by atoms with Crippen molar-refractivity contribution in [2.24, 2.45) is 0 Å². The van der Waals surface area contributed by atoms with Crippen LogP contribution in [-0.2, 0) is 0 Å². The molecule has 0 aliphatic heterocycles. The quantitative estimate of drug-likeness (QED) is 0.481. The number of nitrogens with two attached hydrogens (primary N) is 1. The Kier molecular flexibility index (Phi) is 2.39. The SMILES string of the molecule is CC(C)n1ncc(N)c1B(O)O. The molecule has 1 heterocycles. The van der Waals surface area contributed by atoms with Gasteiger partial charge in [-0.25, -0.2) is 0 Å². The fourth-order valence-corrected chi connectivity index (χ4v) is 1.06. The van der Waals surface area contributed by atoms with Gasteiger partial charge in [-0.2, -0.15) is 5.10 Å². The van der Waals surface area contributed by atoms with Gasteiger partial charge in [-0.15, -0.1) is 0 Å². The molecule has 4 N–H and O–H groups in total. The van der Waals surface area contributed by atoms with Crippen molar-refractivity contribution < 1.29 is 10.0 Å². The van der Waals surface area contributed by atoms with Crippen molar-refractivity contribution in [1.82, 2.24) is 9.78 Å². The van der Waals surface area contributed by atoms with E-state index >= 15 is 0 Å². The molecule has 0 bridgehead atoms. The normalized spacial score (nSPS) is 10.8. The molecule has 0 aliphatic rings. The van der Waals surface area contributed by atoms with E-state index in [2.05, 4.69) is 5.10 Å². The van der Waals surface area contributed by atoms with Crippen molar-refractivity contribution in [3.05, 3.63) is 6.20 Å². The fourth-order valence-electron chi connectivity index (χ4n) is 1.06. The first kappa shape index (κ1) is 9.09. The van der Waals surface area contributed by atoms with Gasteiger partial charge in [0.05, 0.1) is 17.5 Å². The maximum absolute atomic E-state index is 8.94. The van der Waals surface area contributed by atoms with Crippen molar-refractivity contribution in [3.8, 4) is 0 Å². The van der Waals surface area contributed by atoms with Crippen LogP contribution in [0, 0.1) is 0 Å². The summed E-state index contributed by atoms with van der Waals surface area (Å²) in [6.45, 7) is 3.77. The number of rotatable bonds is 2. The highest BCUT2D eigenvalue weighted by Crippen LogP contribution is 2.04. The van der Waals surface area contributed by atoms with E-state index in [0.29, 0.717) is 5.69 Å². The Hall–Kier alpha value is -1.01. The molecule has 5 nitrogen and oxygen atoms in total. The van der Waals surface area contributed by atoms with Crippen LogP contribution in [0.5, 0.6) is 0 Å². The Morgan fingerprint density at radius 2 is 2.17 bits per heavy atom. The number of hydrogen-bond donors (Lipinski definition) is 3. The minimum Gasteiger partial charge on any atom is -0.422 e. The highest BCUT2D eigenvalue weighted by molar-refractivity contribution is 6.59. The predicted molar refractivity (Wildman–Crippen MR) is 46.9 cm³/mol. The van der Waals surface area contributed by atoms with Gasteiger partial charge in [0.25, 0.3) is 0 Å². The van der Waals surface area contributed by atoms with Crippen LogP contribution in [0.25, 0.3) is 0 Å². The maximum atomic E-state index is 8.94. The molecule has 1 aromatic rings. The Morgan fingerprint density at radius 1 is 1.58 bits per heavy atom. The van der Waals surface area contributed by atoms with E-state index < -0.39 is 7.12 Å². The molecule has 0 radical (unpaired) electrons. The average Bonchev–Trinajstić information content (AvgIpc) is 2.30. The molecule has 6 heteroatoms. The Balaban J connectivity index is 3.12. The third-order valence-corrected chi connectivity index (χ3v) is 1.60. The van der Waals surface area contributed by atoms with Gasteiger partial charge in [0.15, 0.2) is 0 Å². The van der Waals surface area contributed by atoms with Gasteiger partial charge in [0, 0.05) is 6.04 Å². The topological polar surface area (TPSA) is 84.3 Å². The molecule has 0 aliphatic carbocycles. The molecule has 0 aromatic carbocycles. The summed E-state index contributed by atoms with van der Waals surface area (Å²) in [5.41, 5.74) is 6.04. The van der Waals surface area contributed by atoms with Gasteiger partial charge in [-0.05, 0) is 13.8 Å². The summed E-state index contributed by atoms with van der Waals surface area (Å²) in [6, 6.07) is 0.0686. The van der Waals surface area contributed by atoms with E-state index in [1.54, 1.807) is 0 Å². The molecule has 0 fully saturated rings. The summed E-state index contributed by atoms with van der Waals surface area (Å²) < 4.78 is 1.49. The van der Waals surface area contributed by atoms with Crippen molar-refractivity contribution in [3.63, 3.8) is 0 Å². The molecule has 66 valence electrons. The van der Waals surface area contributed by atoms with E-state index in [-0.39, 0.29) is 11.6 Å². The average molecular weight is 169 g/mol. The summed E-state index contributed by atoms with van der Waals surface area (Å²) in [5.74, 6) is 0. The zero-order valence-corrected chi connectivity index (χ0v) is 7.10. The van der Waals surface area contributed by atoms with Gasteiger partial charge < -0.3 is 15.8 Å². The first-order valence-electron chi connectivity index (χ1n) is 3.73. The van der Waals surface area contributed by atoms with Crippen LogP contribution in [0.1, 0.15) is 19.9 Å². The smallest absolute Gasteiger partial charge is 0.422 e. The highest BCUT2D eigenvalue weighted by atomic mass is 16.4. The standard InChI is InChI=1S/C6H12BN3O2/c1-4(2)10-6(7(11)12)5(8)3-9-10/h3-4,11-12H,8H2,1-2H3. The molecule has 0 amide bonds. The first-order valence-corrected chi connectivity index (χ1v) is 3.73. The second kappa shape index (κ2) is 3.16. The van der Waals surface area contributed by atoms with Crippen LogP contribution >= 0.6 is 0 Å². The lowest BCUT2D eigenvalue weighted by Gasteiger charge is -2.10. The monoisotopic (exact) mass is 169 g/mol. The van der Waals surface area contributed by atoms with Crippen LogP contribution < -0.4 is 11.3 Å². The van der Waals surface area contributed by atoms with Crippen molar-refractivity contribution in [2.75, 3.05) is 5.73 Å². The lowest BCUT2D eigenvalue weighted by Crippen LogP contribution is -2.39. The summed E-state index contributed by atoms with van der Waals surface area (Å²) >= 11 is 0. The number of aromatic nitrogens is 2. The van der Waals surface area contributed by atoms with E-state index in [9.17, 15) is 0 Å². The maximum Gasteiger partial charge on any atom is 0.509 e. The Bertz CT molecular complexity index is 272. The van der Waals surface area contributed by atoms with E-state index in [1.165, 1.54) is 10.9 Å². The minimum absolute atomic E-state index is 0.0686. The zero-order chi connectivity index (χ0) is 9.30. The number of nitrogens with zero attached hydrogens (tertiary/aromatic N) is 2. The summed E-state index contributed by atoms with van der Waals surface area (Å²) in [7, 11) is -1.56. The van der Waals surface area contributed by atoms with Crippen LogP contribution in [-0.4, -0.2) is 26.9 Å². The second-order valence-electron chi connectivity index (χ2n) is 2.90. The first-order chi connectivity index (χ1) is 5.54. The van der Waals surface area contributed by atoms with E-state index in [4.69, 9.17) is 15.8 Å². The van der Waals surface area contributed by atoms with Gasteiger partial charge in [0.1, 0.15) is 0 Å². The summed E-state index contributed by atoms with van der Waals surface area (Å²) in [6.07, 6.45) is 1.41. The van der Waals surface area contributed by atoms with Crippen LogP contribution in [0.15, 0.2) is 6.20 Å². The Labute approximate surface area is 71.0 Å². The van der Waals surface area contributed by atoms with Crippen LogP contribution in [0.2, 0.25) is 0 Å². The van der Waals surface area contributed by atoms with Gasteiger partial charge >= 0.3 is 7.12 Å². The molecule has 12 heavy (non-hydrogen) atoms. The third-order valence-electron chi connectivity index (χ3n) is 1.60. The molecule has 0 unspecified atom stereocenters. The summed E-state index contributed by atoms with van der Waals surface area (Å²) in [5, 5.41) is 21.8. The number of nitrogen functional groups attached to an aromatic ring is 1. The van der Waals surface area contributed by atoms with Crippen molar-refractivity contribution >= 4 is 18.4 Å². The molecule has 0 saturated carbocycles. The number of anilines is 1. The van der Waals surface area contributed by atoms with Gasteiger partial charge in [-0.1, -0.05) is 0 Å². The Morgan fingerprint density at radius 3 is 2.50 bits per heavy atom. The van der Waals surface area contributed by atoms with Crippen LogP contribution in [0.4, 0.5) is 5.69 Å². The van der Waals surface area contributed by atoms with Gasteiger partial charge in [0.2, 0.25) is 0 Å². The predicted octanol–water partition coefficient (Wildman–Crippen LogP) is -1.27. The largest absolute Gasteiger partial charge is 0.509 e. The molecule has 0 atom stereocenters. The third kappa shape index (κ3) is 1.44. The molecular formula is C6H12BN3O2. The lowest BCUT2D eigenvalue weighted by molar-refractivity contribution is 0.416. The fraction of sp³-hybridized carbons (Fsp3) is 0.500. The molecule has 1 rings (SSSR count). The summed E-state index contributed by atoms with van der Waals surface area (Å²) in [4.78, 5) is 0. The molecule has 0 spiro atoms. The molecule has 0 saturated heterocycles. The molecular weight excluding hydrogens is 157 g/mol. The van der Waals surface area contributed by atoms with E-state index in [0.717, 1.165) is 0 Å². The highest BCUT2D eigenvalue weighted by Gasteiger charge is 2.22. The number of hydrogen-bond acceptors (Lipinski definition) is 4. The zero-order valence-electron chi connectivity index (χ0n) is 7.10. The minimum atomic E-state index is -1.56. The second-order valence-corrected chi connectivity index (χ2v) is 2.90. The van der Waals surface area contributed by atoms with Crippen molar-refractivity contribution in [1.29, 1.82) is 0 Å². The lowest BCUT2D eigenvalue weighted by atomic mass is 9.85. The van der Waals surface area contributed by atoms with E-state index in [1.807, 2.05) is 13.8 Å². The van der Waals surface area contributed by atoms with Crippen molar-refractivity contribution in [2.45, 2.75) is 19.9 Å². The molecule has 1 aromatic heterocycles. The van der Waals surface area contributed by atoms with Gasteiger partial charge in [-0.3, -0.25) is 4.68 Å².